The summed E-state index contributed by atoms with van der Waals surface area (Å²) in [6, 6.07) is 29.0. The Hall–Kier alpha value is -5.34. The van der Waals surface area contributed by atoms with Gasteiger partial charge < -0.3 is 5.11 Å². The van der Waals surface area contributed by atoms with E-state index in [0.717, 1.165) is 5.57 Å². The number of aromatic hydroxyl groups is 1. The molecule has 1 N–H and O–H groups in total. The Morgan fingerprint density at radius 3 is 2.16 bits per heavy atom. The van der Waals surface area contributed by atoms with Crippen molar-refractivity contribution in [1.82, 2.24) is 0 Å². The van der Waals surface area contributed by atoms with Gasteiger partial charge in [-0.1, -0.05) is 71.8 Å². The first kappa shape index (κ1) is 31.0. The molecule has 0 spiro atoms. The second kappa shape index (κ2) is 11.4. The van der Waals surface area contributed by atoms with E-state index < -0.39 is 46.8 Å². The molecule has 8 nitrogen and oxygen atoms in total. The number of anilines is 2. The van der Waals surface area contributed by atoms with Crippen LogP contribution in [0.2, 0.25) is 5.02 Å². The van der Waals surface area contributed by atoms with Crippen molar-refractivity contribution < 1.29 is 29.1 Å². The van der Waals surface area contributed by atoms with Gasteiger partial charge in [-0.15, -0.1) is 0 Å². The average Bonchev–Trinajstić information content (AvgIpc) is 3.49. The molecule has 2 aliphatic carbocycles. The van der Waals surface area contributed by atoms with Gasteiger partial charge in [-0.3, -0.25) is 28.9 Å². The minimum absolute atomic E-state index is 0.0523. The van der Waals surface area contributed by atoms with Crippen LogP contribution in [-0.2, 0) is 24.6 Å². The molecule has 1 saturated carbocycles. The first-order chi connectivity index (χ1) is 23.6. The molecule has 4 aromatic carbocycles. The normalized spacial score (nSPS) is 27.5. The number of benzene rings is 4. The number of Topliss-reactive ketones (excluding diaryl/α,β-unsaturated/α-hetero) is 1. The fraction of sp³-hybridized carbons (Fsp3) is 0.225. The molecule has 8 rings (SSSR count). The zero-order valence-electron chi connectivity index (χ0n) is 26.5. The molecular weight excluding hydrogens is 640 g/mol. The largest absolute Gasteiger partial charge is 0.508 e. The average molecular weight is 671 g/mol. The molecule has 244 valence electrons. The number of ketones is 1. The summed E-state index contributed by atoms with van der Waals surface area (Å²) >= 11 is 6.37. The van der Waals surface area contributed by atoms with Crippen LogP contribution in [0.1, 0.15) is 47.2 Å². The van der Waals surface area contributed by atoms with E-state index in [4.69, 9.17) is 11.6 Å². The summed E-state index contributed by atoms with van der Waals surface area (Å²) in [4.78, 5) is 72.7. The summed E-state index contributed by atoms with van der Waals surface area (Å²) < 4.78 is 0. The number of allylic oxidation sites excluding steroid dienone is 2. The van der Waals surface area contributed by atoms with E-state index in [1.165, 1.54) is 16.7 Å². The summed E-state index contributed by atoms with van der Waals surface area (Å²) in [7, 11) is 0. The molecule has 9 heteroatoms. The third-order valence-corrected chi connectivity index (χ3v) is 11.2. The SMILES string of the molecule is CC(=O)c1ccc(N2C(=O)C3CC=C4C(CC5C(=O)N(c6cccc(Cl)c6)C(=O)C5(c5ccccc5)C4c4ccc(O)cc4)C3C2=O)cc1. The lowest BCUT2D eigenvalue weighted by Gasteiger charge is -2.50. The van der Waals surface area contributed by atoms with Gasteiger partial charge in [-0.05, 0) is 91.4 Å². The minimum atomic E-state index is -1.39. The Labute approximate surface area is 287 Å². The van der Waals surface area contributed by atoms with E-state index in [1.54, 1.807) is 72.8 Å². The molecule has 49 heavy (non-hydrogen) atoms. The molecule has 0 bridgehead atoms. The summed E-state index contributed by atoms with van der Waals surface area (Å²) in [6.45, 7) is 1.45. The zero-order valence-corrected chi connectivity index (χ0v) is 27.2. The highest BCUT2D eigenvalue weighted by atomic mass is 35.5. The number of carbonyl (C=O) groups is 5. The number of halogens is 1. The number of carbonyl (C=O) groups excluding carboxylic acids is 5. The van der Waals surface area contributed by atoms with Crippen molar-refractivity contribution in [3.63, 3.8) is 0 Å². The van der Waals surface area contributed by atoms with Crippen molar-refractivity contribution in [1.29, 1.82) is 0 Å². The molecule has 4 amide bonds. The molecule has 6 unspecified atom stereocenters. The van der Waals surface area contributed by atoms with Crippen LogP contribution >= 0.6 is 11.6 Å². The highest BCUT2D eigenvalue weighted by molar-refractivity contribution is 6.32. The Kier molecular flexibility index (Phi) is 7.19. The Morgan fingerprint density at radius 2 is 1.49 bits per heavy atom. The van der Waals surface area contributed by atoms with Gasteiger partial charge in [0, 0.05) is 16.5 Å². The van der Waals surface area contributed by atoms with Crippen molar-refractivity contribution in [2.75, 3.05) is 9.80 Å². The Balaban J connectivity index is 1.31. The van der Waals surface area contributed by atoms with E-state index in [2.05, 4.69) is 0 Å². The Morgan fingerprint density at radius 1 is 0.776 bits per heavy atom. The molecule has 0 aromatic heterocycles. The van der Waals surface area contributed by atoms with E-state index in [-0.39, 0.29) is 36.2 Å². The van der Waals surface area contributed by atoms with Crippen LogP contribution in [0.3, 0.4) is 0 Å². The number of imide groups is 2. The number of phenolic OH excluding ortho intramolecular Hbond substituents is 1. The van der Waals surface area contributed by atoms with Crippen molar-refractivity contribution in [3.8, 4) is 5.75 Å². The third-order valence-electron chi connectivity index (χ3n) is 10.9. The maximum atomic E-state index is 15.2. The second-order valence-corrected chi connectivity index (χ2v) is 13.7. The standard InChI is InChI=1S/C40H31ClN2O6/c1-22(44)23-10-14-27(15-11-23)42-36(46)31-19-18-30-32(34(31)38(42)48)21-33-37(47)43(28-9-5-8-26(41)20-28)39(49)40(33,25-6-3-2-4-7-25)35(30)24-12-16-29(45)17-13-24/h2-18,20,31-35,45H,19,21H2,1H3. The van der Waals surface area contributed by atoms with Gasteiger partial charge in [0.1, 0.15) is 5.75 Å². The molecular formula is C40H31ClN2O6. The van der Waals surface area contributed by atoms with Crippen molar-refractivity contribution in [2.45, 2.75) is 31.1 Å². The van der Waals surface area contributed by atoms with Crippen LogP contribution in [0.15, 0.2) is 115 Å². The van der Waals surface area contributed by atoms with E-state index in [1.807, 2.05) is 36.4 Å². The lowest BCUT2D eigenvalue weighted by molar-refractivity contribution is -0.127. The van der Waals surface area contributed by atoms with Gasteiger partial charge in [0.2, 0.25) is 23.6 Å². The highest BCUT2D eigenvalue weighted by Gasteiger charge is 2.70. The van der Waals surface area contributed by atoms with Gasteiger partial charge in [0.15, 0.2) is 5.78 Å². The quantitative estimate of drug-likeness (QED) is 0.145. The van der Waals surface area contributed by atoms with Crippen molar-refractivity contribution in [2.24, 2.45) is 23.7 Å². The lowest BCUT2D eigenvalue weighted by Crippen LogP contribution is -2.53. The summed E-state index contributed by atoms with van der Waals surface area (Å²) in [6.07, 6.45) is 2.46. The second-order valence-electron chi connectivity index (χ2n) is 13.3. The van der Waals surface area contributed by atoms with Crippen LogP contribution in [0, 0.1) is 23.7 Å². The number of amides is 4. The van der Waals surface area contributed by atoms with Gasteiger partial charge in [-0.25, -0.2) is 4.90 Å². The minimum Gasteiger partial charge on any atom is -0.508 e. The monoisotopic (exact) mass is 670 g/mol. The van der Waals surface area contributed by atoms with E-state index >= 15 is 4.79 Å². The summed E-state index contributed by atoms with van der Waals surface area (Å²) in [5.41, 5.74) is 2.04. The first-order valence-electron chi connectivity index (χ1n) is 16.3. The maximum Gasteiger partial charge on any atom is 0.246 e. The maximum absolute atomic E-state index is 15.2. The van der Waals surface area contributed by atoms with E-state index in [9.17, 15) is 24.3 Å². The number of nitrogens with zero attached hydrogens (tertiary/aromatic N) is 2. The van der Waals surface area contributed by atoms with Crippen LogP contribution in [0.25, 0.3) is 0 Å². The molecule has 2 heterocycles. The molecule has 6 atom stereocenters. The molecule has 2 aliphatic heterocycles. The Bertz CT molecular complexity index is 2090. The summed E-state index contributed by atoms with van der Waals surface area (Å²) in [5, 5.41) is 10.7. The van der Waals surface area contributed by atoms with Crippen LogP contribution in [-0.4, -0.2) is 34.5 Å². The predicted octanol–water partition coefficient (Wildman–Crippen LogP) is 6.62. The number of hydrogen-bond acceptors (Lipinski definition) is 6. The highest BCUT2D eigenvalue weighted by Crippen LogP contribution is 2.64. The third kappa shape index (κ3) is 4.47. The molecule has 0 radical (unpaired) electrons. The number of rotatable bonds is 5. The molecule has 2 saturated heterocycles. The van der Waals surface area contributed by atoms with Gasteiger partial charge >= 0.3 is 0 Å². The smallest absolute Gasteiger partial charge is 0.246 e. The van der Waals surface area contributed by atoms with Crippen LogP contribution < -0.4 is 9.80 Å². The number of hydrogen-bond donors (Lipinski definition) is 1. The van der Waals surface area contributed by atoms with Gasteiger partial charge in [0.05, 0.1) is 34.5 Å². The lowest BCUT2D eigenvalue weighted by atomic mass is 9.49. The fourth-order valence-corrected chi connectivity index (χ4v) is 9.07. The fourth-order valence-electron chi connectivity index (χ4n) is 8.89. The van der Waals surface area contributed by atoms with Gasteiger partial charge in [-0.2, -0.15) is 0 Å². The molecule has 4 aliphatic rings. The van der Waals surface area contributed by atoms with Gasteiger partial charge in [0.25, 0.3) is 0 Å². The zero-order chi connectivity index (χ0) is 34.2. The van der Waals surface area contributed by atoms with Crippen LogP contribution in [0.5, 0.6) is 5.75 Å². The summed E-state index contributed by atoms with van der Waals surface area (Å²) in [5.74, 6) is -5.03. The first-order valence-corrected chi connectivity index (χ1v) is 16.7. The number of fused-ring (bicyclic) bond motifs is 4. The van der Waals surface area contributed by atoms with E-state index in [0.29, 0.717) is 33.1 Å². The number of phenols is 1. The van der Waals surface area contributed by atoms with Crippen molar-refractivity contribution in [3.05, 3.63) is 136 Å². The topological polar surface area (TPSA) is 112 Å². The van der Waals surface area contributed by atoms with Crippen LogP contribution in [0.4, 0.5) is 11.4 Å². The molecule has 3 fully saturated rings. The van der Waals surface area contributed by atoms with Crippen molar-refractivity contribution >= 4 is 52.4 Å². The predicted molar refractivity (Wildman–Crippen MR) is 183 cm³/mol. The molecule has 4 aromatic rings.